The maximum atomic E-state index is 4.19. The van der Waals surface area contributed by atoms with Crippen LogP contribution in [0.5, 0.6) is 0 Å². The molecule has 1 aromatic heterocycles. The van der Waals surface area contributed by atoms with Gasteiger partial charge in [-0.2, -0.15) is 0 Å². The van der Waals surface area contributed by atoms with Crippen molar-refractivity contribution in [1.29, 1.82) is 0 Å². The molecule has 0 amide bonds. The fourth-order valence-electron chi connectivity index (χ4n) is 1.58. The average Bonchev–Trinajstić information content (AvgIpc) is 2.68. The summed E-state index contributed by atoms with van der Waals surface area (Å²) < 4.78 is 4.04. The lowest BCUT2D eigenvalue weighted by molar-refractivity contribution is 0.557. The molecule has 0 bridgehead atoms. The van der Waals surface area contributed by atoms with Crippen LogP contribution in [0.4, 0.5) is 0 Å². The smallest absolute Gasteiger partial charge is 0.0803 e. The van der Waals surface area contributed by atoms with E-state index in [1.165, 1.54) is 16.4 Å². The van der Waals surface area contributed by atoms with Gasteiger partial charge in [0.1, 0.15) is 0 Å². The van der Waals surface area contributed by atoms with E-state index < -0.39 is 0 Å². The van der Waals surface area contributed by atoms with Crippen LogP contribution in [0, 0.1) is 0 Å². The van der Waals surface area contributed by atoms with E-state index >= 15 is 0 Å². The Bertz CT molecular complexity index is 296. The summed E-state index contributed by atoms with van der Waals surface area (Å²) in [6, 6.07) is 0.379. The molecule has 0 aliphatic rings. The Morgan fingerprint density at radius 2 is 2.40 bits per heavy atom. The SMILES string of the molecule is C=CCCC(NC)c1snnc1CCC. The second-order valence-electron chi connectivity index (χ2n) is 3.54. The van der Waals surface area contributed by atoms with Gasteiger partial charge in [-0.1, -0.05) is 23.9 Å². The van der Waals surface area contributed by atoms with Crippen molar-refractivity contribution in [3.8, 4) is 0 Å². The number of allylic oxidation sites excluding steroid dienone is 1. The summed E-state index contributed by atoms with van der Waals surface area (Å²) in [5, 5.41) is 7.51. The van der Waals surface area contributed by atoms with E-state index in [1.54, 1.807) is 0 Å². The van der Waals surface area contributed by atoms with Gasteiger partial charge in [0.2, 0.25) is 0 Å². The summed E-state index contributed by atoms with van der Waals surface area (Å²) in [7, 11) is 1.99. The van der Waals surface area contributed by atoms with Gasteiger partial charge < -0.3 is 5.32 Å². The largest absolute Gasteiger partial charge is 0.312 e. The lowest BCUT2D eigenvalue weighted by Gasteiger charge is -2.13. The van der Waals surface area contributed by atoms with Crippen molar-refractivity contribution in [1.82, 2.24) is 14.9 Å². The zero-order chi connectivity index (χ0) is 11.1. The van der Waals surface area contributed by atoms with E-state index in [-0.39, 0.29) is 0 Å². The first kappa shape index (κ1) is 12.3. The number of nitrogens with zero attached hydrogens (tertiary/aromatic N) is 2. The van der Waals surface area contributed by atoms with Crippen molar-refractivity contribution in [3.63, 3.8) is 0 Å². The third-order valence-corrected chi connectivity index (χ3v) is 3.28. The van der Waals surface area contributed by atoms with Crippen molar-refractivity contribution in [2.75, 3.05) is 7.05 Å². The van der Waals surface area contributed by atoms with E-state index in [0.29, 0.717) is 6.04 Å². The molecule has 1 aromatic rings. The summed E-state index contributed by atoms with van der Waals surface area (Å²) >= 11 is 1.51. The van der Waals surface area contributed by atoms with Crippen molar-refractivity contribution in [2.45, 2.75) is 38.6 Å². The first-order valence-electron chi connectivity index (χ1n) is 5.42. The number of aromatic nitrogens is 2. The molecule has 1 rings (SSSR count). The average molecular weight is 225 g/mol. The van der Waals surface area contributed by atoms with Gasteiger partial charge in [0, 0.05) is 6.04 Å². The van der Waals surface area contributed by atoms with Gasteiger partial charge in [-0.15, -0.1) is 11.7 Å². The zero-order valence-electron chi connectivity index (χ0n) is 9.49. The normalized spacial score (nSPS) is 12.7. The Balaban J connectivity index is 2.71. The molecule has 1 unspecified atom stereocenters. The Morgan fingerprint density at radius 3 is 3.00 bits per heavy atom. The molecular formula is C11H19N3S. The fourth-order valence-corrected chi connectivity index (χ4v) is 2.42. The Morgan fingerprint density at radius 1 is 1.60 bits per heavy atom. The highest BCUT2D eigenvalue weighted by molar-refractivity contribution is 7.05. The molecule has 0 saturated carbocycles. The third kappa shape index (κ3) is 3.39. The van der Waals surface area contributed by atoms with Gasteiger partial charge in [0.05, 0.1) is 10.6 Å². The van der Waals surface area contributed by atoms with Crippen LogP contribution >= 0.6 is 11.5 Å². The Labute approximate surface area is 95.8 Å². The number of hydrogen-bond acceptors (Lipinski definition) is 4. The number of aryl methyl sites for hydroxylation is 1. The molecule has 15 heavy (non-hydrogen) atoms. The lowest BCUT2D eigenvalue weighted by atomic mass is 10.1. The van der Waals surface area contributed by atoms with E-state index in [9.17, 15) is 0 Å². The van der Waals surface area contributed by atoms with Crippen LogP contribution in [0.15, 0.2) is 12.7 Å². The molecule has 0 fully saturated rings. The first-order valence-corrected chi connectivity index (χ1v) is 6.20. The topological polar surface area (TPSA) is 37.8 Å². The molecule has 3 nitrogen and oxygen atoms in total. The lowest BCUT2D eigenvalue weighted by Crippen LogP contribution is -2.16. The molecular weight excluding hydrogens is 206 g/mol. The van der Waals surface area contributed by atoms with E-state index in [1.807, 2.05) is 13.1 Å². The van der Waals surface area contributed by atoms with Crippen LogP contribution in [0.1, 0.15) is 42.8 Å². The van der Waals surface area contributed by atoms with Crippen LogP contribution in [0.2, 0.25) is 0 Å². The molecule has 4 heteroatoms. The van der Waals surface area contributed by atoms with E-state index in [2.05, 4.69) is 28.4 Å². The van der Waals surface area contributed by atoms with Crippen LogP contribution in [0.3, 0.4) is 0 Å². The van der Waals surface area contributed by atoms with Gasteiger partial charge in [0.15, 0.2) is 0 Å². The molecule has 1 N–H and O–H groups in total. The van der Waals surface area contributed by atoms with Crippen molar-refractivity contribution in [3.05, 3.63) is 23.2 Å². The molecule has 84 valence electrons. The summed E-state index contributed by atoms with van der Waals surface area (Å²) in [5.74, 6) is 0. The quantitative estimate of drug-likeness (QED) is 0.725. The van der Waals surface area contributed by atoms with Crippen LogP contribution < -0.4 is 5.32 Å². The molecule has 0 radical (unpaired) electrons. The highest BCUT2D eigenvalue weighted by Crippen LogP contribution is 2.25. The minimum Gasteiger partial charge on any atom is -0.312 e. The summed E-state index contributed by atoms with van der Waals surface area (Å²) in [4.78, 5) is 1.29. The minimum atomic E-state index is 0.379. The molecule has 1 atom stereocenters. The Kier molecular flexibility index (Phi) is 5.50. The highest BCUT2D eigenvalue weighted by Gasteiger charge is 2.16. The van der Waals surface area contributed by atoms with Crippen LogP contribution in [0.25, 0.3) is 0 Å². The highest BCUT2D eigenvalue weighted by atomic mass is 32.1. The van der Waals surface area contributed by atoms with Gasteiger partial charge >= 0.3 is 0 Å². The van der Waals surface area contributed by atoms with Crippen LogP contribution in [-0.2, 0) is 6.42 Å². The van der Waals surface area contributed by atoms with Gasteiger partial charge in [-0.3, -0.25) is 0 Å². The van der Waals surface area contributed by atoms with Crippen molar-refractivity contribution in [2.24, 2.45) is 0 Å². The second-order valence-corrected chi connectivity index (χ2v) is 4.33. The number of nitrogens with one attached hydrogen (secondary N) is 1. The first-order chi connectivity index (χ1) is 7.33. The molecule has 0 aliphatic heterocycles. The predicted octanol–water partition coefficient (Wildman–Crippen LogP) is 2.72. The minimum absolute atomic E-state index is 0.379. The standard InChI is InChI=1S/C11H19N3S/c1-4-6-8-9(12-3)11-10(7-5-2)13-14-15-11/h4,9,12H,1,5-8H2,2-3H3. The molecule has 0 aromatic carbocycles. The predicted molar refractivity (Wildman–Crippen MR) is 65.1 cm³/mol. The molecule has 0 spiro atoms. The monoisotopic (exact) mass is 225 g/mol. The number of rotatable bonds is 7. The molecule has 1 heterocycles. The fraction of sp³-hybridized carbons (Fsp3) is 0.636. The van der Waals surface area contributed by atoms with Crippen molar-refractivity contribution >= 4 is 11.5 Å². The summed E-state index contributed by atoms with van der Waals surface area (Å²) in [6.45, 7) is 5.92. The van der Waals surface area contributed by atoms with E-state index in [0.717, 1.165) is 31.4 Å². The summed E-state index contributed by atoms with van der Waals surface area (Å²) in [5.41, 5.74) is 1.16. The van der Waals surface area contributed by atoms with Crippen molar-refractivity contribution < 1.29 is 0 Å². The summed E-state index contributed by atoms with van der Waals surface area (Å²) in [6.07, 6.45) is 6.20. The Hall–Kier alpha value is -0.740. The van der Waals surface area contributed by atoms with Crippen LogP contribution in [-0.4, -0.2) is 16.6 Å². The second kappa shape index (κ2) is 6.69. The molecule has 0 aliphatic carbocycles. The van der Waals surface area contributed by atoms with Gasteiger partial charge in [0.25, 0.3) is 0 Å². The van der Waals surface area contributed by atoms with Gasteiger partial charge in [-0.25, -0.2) is 0 Å². The van der Waals surface area contributed by atoms with Gasteiger partial charge in [-0.05, 0) is 37.8 Å². The zero-order valence-corrected chi connectivity index (χ0v) is 10.3. The number of hydrogen-bond donors (Lipinski definition) is 1. The maximum Gasteiger partial charge on any atom is 0.0803 e. The van der Waals surface area contributed by atoms with E-state index in [4.69, 9.17) is 0 Å². The molecule has 0 saturated heterocycles. The third-order valence-electron chi connectivity index (χ3n) is 2.40. The maximum absolute atomic E-state index is 4.19.